The zero-order valence-electron chi connectivity index (χ0n) is 15.5. The van der Waals surface area contributed by atoms with E-state index < -0.39 is 5.63 Å². The zero-order valence-corrected chi connectivity index (χ0v) is 15.5. The van der Waals surface area contributed by atoms with Crippen LogP contribution in [0.4, 0.5) is 0 Å². The molecule has 0 aliphatic carbocycles. The van der Waals surface area contributed by atoms with E-state index >= 15 is 0 Å². The van der Waals surface area contributed by atoms with E-state index in [1.165, 1.54) is 14.2 Å². The average molecular weight is 367 g/mol. The van der Waals surface area contributed by atoms with Crippen LogP contribution in [-0.2, 0) is 17.8 Å². The topological polar surface area (TPSA) is 77.8 Å². The van der Waals surface area contributed by atoms with Gasteiger partial charge in [-0.2, -0.15) is 0 Å². The van der Waals surface area contributed by atoms with E-state index in [9.17, 15) is 9.59 Å². The Balaban J connectivity index is 1.89. The molecule has 0 atom stereocenters. The predicted molar refractivity (Wildman–Crippen MR) is 102 cm³/mol. The third-order valence-corrected chi connectivity index (χ3v) is 4.47. The number of rotatable bonds is 6. The van der Waals surface area contributed by atoms with Crippen molar-refractivity contribution in [1.82, 2.24) is 5.32 Å². The first kappa shape index (κ1) is 18.5. The van der Waals surface area contributed by atoms with Crippen molar-refractivity contribution in [2.45, 2.75) is 19.9 Å². The molecule has 3 rings (SSSR count). The quantitative estimate of drug-likeness (QED) is 0.678. The highest BCUT2D eigenvalue weighted by Gasteiger charge is 2.19. The SMILES string of the molecule is COc1ccc2c(C)c(CC(=O)NCc3ccccc3)c(=O)oc2c1OC. The van der Waals surface area contributed by atoms with Gasteiger partial charge in [0.25, 0.3) is 0 Å². The van der Waals surface area contributed by atoms with Crippen LogP contribution in [0, 0.1) is 6.92 Å². The van der Waals surface area contributed by atoms with Gasteiger partial charge in [-0.15, -0.1) is 0 Å². The monoisotopic (exact) mass is 367 g/mol. The molecule has 3 aromatic rings. The summed E-state index contributed by atoms with van der Waals surface area (Å²) < 4.78 is 16.0. The maximum Gasteiger partial charge on any atom is 0.340 e. The lowest BCUT2D eigenvalue weighted by Gasteiger charge is -2.13. The van der Waals surface area contributed by atoms with Crippen molar-refractivity contribution < 1.29 is 18.7 Å². The van der Waals surface area contributed by atoms with Crippen LogP contribution in [0.2, 0.25) is 0 Å². The summed E-state index contributed by atoms with van der Waals surface area (Å²) in [7, 11) is 3.00. The van der Waals surface area contributed by atoms with Crippen LogP contribution in [0.5, 0.6) is 11.5 Å². The minimum Gasteiger partial charge on any atom is -0.493 e. The van der Waals surface area contributed by atoms with Gasteiger partial charge in [-0.25, -0.2) is 4.79 Å². The van der Waals surface area contributed by atoms with Crippen molar-refractivity contribution in [3.8, 4) is 11.5 Å². The molecule has 1 aromatic heterocycles. The number of carbonyl (C=O) groups excluding carboxylic acids is 1. The molecule has 0 aliphatic heterocycles. The summed E-state index contributed by atoms with van der Waals surface area (Å²) in [5.41, 5.74) is 1.77. The normalized spacial score (nSPS) is 10.6. The van der Waals surface area contributed by atoms with E-state index in [0.717, 1.165) is 5.56 Å². The summed E-state index contributed by atoms with van der Waals surface area (Å²) >= 11 is 0. The standard InChI is InChI=1S/C21H21NO5/c1-13-15-9-10-17(25-2)20(26-3)19(15)27-21(24)16(13)11-18(23)22-12-14-7-5-4-6-8-14/h4-10H,11-12H2,1-3H3,(H,22,23). The molecular formula is C21H21NO5. The first-order chi connectivity index (χ1) is 13.0. The number of hydrogen-bond donors (Lipinski definition) is 1. The summed E-state index contributed by atoms with van der Waals surface area (Å²) in [6, 6.07) is 13.1. The Kier molecular flexibility index (Phi) is 5.45. The number of methoxy groups -OCH3 is 2. The number of fused-ring (bicyclic) bond motifs is 1. The molecule has 0 unspecified atom stereocenters. The van der Waals surface area contributed by atoms with Crippen molar-refractivity contribution >= 4 is 16.9 Å². The lowest BCUT2D eigenvalue weighted by molar-refractivity contribution is -0.120. The van der Waals surface area contributed by atoms with E-state index in [0.29, 0.717) is 40.1 Å². The van der Waals surface area contributed by atoms with Gasteiger partial charge in [0.05, 0.1) is 26.2 Å². The maximum absolute atomic E-state index is 12.5. The lowest BCUT2D eigenvalue weighted by Crippen LogP contribution is -2.27. The number of nitrogens with one attached hydrogen (secondary N) is 1. The molecule has 0 fully saturated rings. The summed E-state index contributed by atoms with van der Waals surface area (Å²) in [6.07, 6.45) is -0.0503. The first-order valence-electron chi connectivity index (χ1n) is 8.53. The third kappa shape index (κ3) is 3.79. The molecule has 0 bridgehead atoms. The fraction of sp³-hybridized carbons (Fsp3) is 0.238. The highest BCUT2D eigenvalue weighted by atomic mass is 16.5. The van der Waals surface area contributed by atoms with Crippen LogP contribution in [0.1, 0.15) is 16.7 Å². The maximum atomic E-state index is 12.5. The van der Waals surface area contributed by atoms with Crippen LogP contribution in [0.3, 0.4) is 0 Å². The van der Waals surface area contributed by atoms with Crippen molar-refractivity contribution in [1.29, 1.82) is 0 Å². The number of ether oxygens (including phenoxy) is 2. The summed E-state index contributed by atoms with van der Waals surface area (Å²) in [5, 5.41) is 3.53. The fourth-order valence-corrected chi connectivity index (χ4v) is 2.99. The Morgan fingerprint density at radius 1 is 1.07 bits per heavy atom. The molecule has 1 N–H and O–H groups in total. The van der Waals surface area contributed by atoms with E-state index in [-0.39, 0.29) is 12.3 Å². The number of aryl methyl sites for hydroxylation is 1. The smallest absolute Gasteiger partial charge is 0.340 e. The summed E-state index contributed by atoms with van der Waals surface area (Å²) in [6.45, 7) is 2.20. The molecule has 140 valence electrons. The highest BCUT2D eigenvalue weighted by molar-refractivity contribution is 5.89. The molecule has 0 radical (unpaired) electrons. The molecule has 0 saturated carbocycles. The Bertz CT molecular complexity index is 1020. The van der Waals surface area contributed by atoms with Gasteiger partial charge in [-0.1, -0.05) is 30.3 Å². The Morgan fingerprint density at radius 3 is 2.48 bits per heavy atom. The average Bonchev–Trinajstić information content (AvgIpc) is 2.69. The van der Waals surface area contributed by atoms with Crippen LogP contribution >= 0.6 is 0 Å². The molecule has 2 aromatic carbocycles. The molecule has 0 aliphatic rings. The second-order valence-electron chi connectivity index (χ2n) is 6.11. The molecule has 6 heteroatoms. The molecule has 27 heavy (non-hydrogen) atoms. The zero-order chi connectivity index (χ0) is 19.4. The van der Waals surface area contributed by atoms with E-state index in [4.69, 9.17) is 13.9 Å². The van der Waals surface area contributed by atoms with E-state index in [1.54, 1.807) is 19.1 Å². The minimum absolute atomic E-state index is 0.0503. The molecular weight excluding hydrogens is 346 g/mol. The lowest BCUT2D eigenvalue weighted by atomic mass is 10.0. The Labute approximate surface area is 156 Å². The van der Waals surface area contributed by atoms with Gasteiger partial charge in [-0.3, -0.25) is 4.79 Å². The number of amides is 1. The summed E-state index contributed by atoms with van der Waals surface area (Å²) in [4.78, 5) is 24.8. The molecule has 1 amide bonds. The molecule has 1 heterocycles. The van der Waals surface area contributed by atoms with Gasteiger partial charge >= 0.3 is 5.63 Å². The van der Waals surface area contributed by atoms with Gasteiger partial charge < -0.3 is 19.2 Å². The predicted octanol–water partition coefficient (Wildman–Crippen LogP) is 2.98. The largest absolute Gasteiger partial charge is 0.493 e. The van der Waals surface area contributed by atoms with Crippen LogP contribution in [0.25, 0.3) is 11.0 Å². The Hall–Kier alpha value is -3.28. The number of carbonyl (C=O) groups is 1. The van der Waals surface area contributed by atoms with Crippen molar-refractivity contribution in [3.63, 3.8) is 0 Å². The van der Waals surface area contributed by atoms with E-state index in [2.05, 4.69) is 5.32 Å². The highest BCUT2D eigenvalue weighted by Crippen LogP contribution is 2.36. The third-order valence-electron chi connectivity index (χ3n) is 4.47. The van der Waals surface area contributed by atoms with Crippen LogP contribution in [0.15, 0.2) is 51.7 Å². The van der Waals surface area contributed by atoms with Gasteiger partial charge in [0.1, 0.15) is 0 Å². The van der Waals surface area contributed by atoms with Gasteiger partial charge in [0.15, 0.2) is 11.3 Å². The number of hydrogen-bond acceptors (Lipinski definition) is 5. The van der Waals surface area contributed by atoms with Crippen molar-refractivity contribution in [3.05, 3.63) is 69.6 Å². The molecule has 0 spiro atoms. The molecule has 0 saturated heterocycles. The van der Waals surface area contributed by atoms with E-state index in [1.807, 2.05) is 30.3 Å². The summed E-state index contributed by atoms with van der Waals surface area (Å²) in [5.74, 6) is 0.588. The second kappa shape index (κ2) is 7.95. The van der Waals surface area contributed by atoms with Gasteiger partial charge in [0.2, 0.25) is 11.7 Å². The number of benzene rings is 2. The van der Waals surface area contributed by atoms with Crippen LogP contribution < -0.4 is 20.4 Å². The fourth-order valence-electron chi connectivity index (χ4n) is 2.99. The second-order valence-corrected chi connectivity index (χ2v) is 6.11. The van der Waals surface area contributed by atoms with Crippen molar-refractivity contribution in [2.24, 2.45) is 0 Å². The molecule has 6 nitrogen and oxygen atoms in total. The first-order valence-corrected chi connectivity index (χ1v) is 8.53. The van der Waals surface area contributed by atoms with Crippen molar-refractivity contribution in [2.75, 3.05) is 14.2 Å². The van der Waals surface area contributed by atoms with Crippen LogP contribution in [-0.4, -0.2) is 20.1 Å². The van der Waals surface area contributed by atoms with Gasteiger partial charge in [0, 0.05) is 11.9 Å². The Morgan fingerprint density at radius 2 is 1.81 bits per heavy atom. The minimum atomic E-state index is -0.554. The van der Waals surface area contributed by atoms with Gasteiger partial charge in [-0.05, 0) is 30.2 Å².